The number of halogens is 2. The minimum Gasteiger partial charge on any atom is -0.396 e. The second kappa shape index (κ2) is 4.78. The minimum absolute atomic E-state index is 0.0208. The molecule has 18 heavy (non-hydrogen) atoms. The maximum atomic E-state index is 13.3. The van der Waals surface area contributed by atoms with Crippen molar-refractivity contribution < 1.29 is 9.18 Å². The molecule has 0 saturated heterocycles. The number of carbonyl (C=O) groups excluding carboxylic acids is 1. The van der Waals surface area contributed by atoms with Crippen molar-refractivity contribution in [2.24, 2.45) is 5.73 Å². The Labute approximate surface area is 112 Å². The largest absolute Gasteiger partial charge is 0.396 e. The van der Waals surface area contributed by atoms with Gasteiger partial charge in [0, 0.05) is 10.0 Å². The second-order valence-electron chi connectivity index (χ2n) is 3.76. The molecule has 0 aromatic heterocycles. The molecule has 0 aliphatic heterocycles. The molecule has 0 spiro atoms. The zero-order valence-electron chi connectivity index (χ0n) is 9.28. The number of carbonyl (C=O) groups is 1. The topological polar surface area (TPSA) is 69.1 Å². The maximum Gasteiger partial charge on any atom is 0.249 e. The first-order chi connectivity index (χ1) is 8.50. The molecular formula is C13H10BrFN2O. The van der Waals surface area contributed by atoms with Gasteiger partial charge in [-0.1, -0.05) is 34.1 Å². The van der Waals surface area contributed by atoms with Crippen molar-refractivity contribution in [1.29, 1.82) is 0 Å². The average Bonchev–Trinajstić information content (AvgIpc) is 2.34. The molecule has 4 N–H and O–H groups in total. The summed E-state index contributed by atoms with van der Waals surface area (Å²) < 4.78 is 13.8. The van der Waals surface area contributed by atoms with E-state index in [0.717, 1.165) is 0 Å². The van der Waals surface area contributed by atoms with E-state index in [1.807, 2.05) is 0 Å². The zero-order chi connectivity index (χ0) is 13.3. The number of nitrogens with two attached hydrogens (primary N) is 2. The number of primary amides is 1. The molecule has 0 heterocycles. The average molecular weight is 309 g/mol. The zero-order valence-corrected chi connectivity index (χ0v) is 10.9. The van der Waals surface area contributed by atoms with Gasteiger partial charge in [0.25, 0.3) is 0 Å². The summed E-state index contributed by atoms with van der Waals surface area (Å²) in [5.74, 6) is -1.05. The third-order valence-corrected chi connectivity index (χ3v) is 3.23. The first-order valence-electron chi connectivity index (χ1n) is 5.14. The van der Waals surface area contributed by atoms with E-state index in [1.165, 1.54) is 12.1 Å². The Morgan fingerprint density at radius 1 is 1.17 bits per heavy atom. The molecule has 0 unspecified atom stereocenters. The number of nitrogen functional groups attached to an aromatic ring is 1. The Balaban J connectivity index is 2.69. The van der Waals surface area contributed by atoms with Crippen molar-refractivity contribution in [3.8, 4) is 11.1 Å². The van der Waals surface area contributed by atoms with E-state index in [9.17, 15) is 9.18 Å². The Kier molecular flexibility index (Phi) is 3.34. The van der Waals surface area contributed by atoms with Gasteiger partial charge in [-0.3, -0.25) is 4.79 Å². The second-order valence-corrected chi connectivity index (χ2v) is 4.62. The van der Waals surface area contributed by atoms with Gasteiger partial charge in [0.15, 0.2) is 0 Å². The van der Waals surface area contributed by atoms with E-state index in [0.29, 0.717) is 21.2 Å². The molecule has 0 aliphatic rings. The molecule has 0 saturated carbocycles. The van der Waals surface area contributed by atoms with Gasteiger partial charge in [0.1, 0.15) is 5.82 Å². The molecular weight excluding hydrogens is 299 g/mol. The van der Waals surface area contributed by atoms with Crippen LogP contribution in [0.1, 0.15) is 10.4 Å². The van der Waals surface area contributed by atoms with Gasteiger partial charge in [-0.05, 0) is 29.3 Å². The monoisotopic (exact) mass is 308 g/mol. The fraction of sp³-hybridized carbons (Fsp3) is 0. The van der Waals surface area contributed by atoms with Gasteiger partial charge >= 0.3 is 0 Å². The van der Waals surface area contributed by atoms with Crippen LogP contribution in [0.5, 0.6) is 0 Å². The first kappa shape index (κ1) is 12.6. The van der Waals surface area contributed by atoms with E-state index < -0.39 is 11.7 Å². The molecule has 2 aromatic carbocycles. The van der Waals surface area contributed by atoms with Crippen molar-refractivity contribution in [2.75, 3.05) is 5.73 Å². The highest BCUT2D eigenvalue weighted by atomic mass is 79.9. The first-order valence-corrected chi connectivity index (χ1v) is 5.93. The van der Waals surface area contributed by atoms with Crippen LogP contribution in [0.3, 0.4) is 0 Å². The molecule has 0 aliphatic carbocycles. The number of hydrogen-bond donors (Lipinski definition) is 2. The summed E-state index contributed by atoms with van der Waals surface area (Å²) in [7, 11) is 0. The summed E-state index contributed by atoms with van der Waals surface area (Å²) in [4.78, 5) is 11.4. The number of benzene rings is 2. The van der Waals surface area contributed by atoms with Crippen LogP contribution in [0.4, 0.5) is 10.1 Å². The van der Waals surface area contributed by atoms with Crippen molar-refractivity contribution in [3.63, 3.8) is 0 Å². The Morgan fingerprint density at radius 3 is 2.50 bits per heavy atom. The Morgan fingerprint density at radius 2 is 1.83 bits per heavy atom. The number of hydrogen-bond acceptors (Lipinski definition) is 2. The Bertz CT molecular complexity index is 628. The molecule has 2 aromatic rings. The van der Waals surface area contributed by atoms with Gasteiger partial charge in [-0.25, -0.2) is 4.39 Å². The fourth-order valence-electron chi connectivity index (χ4n) is 1.70. The van der Waals surface area contributed by atoms with Crippen molar-refractivity contribution in [1.82, 2.24) is 0 Å². The highest BCUT2D eigenvalue weighted by Crippen LogP contribution is 2.33. The molecule has 0 fully saturated rings. The summed E-state index contributed by atoms with van der Waals surface area (Å²) in [6.45, 7) is 0. The molecule has 1 amide bonds. The summed E-state index contributed by atoms with van der Waals surface area (Å²) >= 11 is 3.25. The van der Waals surface area contributed by atoms with Crippen LogP contribution in [-0.4, -0.2) is 5.91 Å². The summed E-state index contributed by atoms with van der Waals surface area (Å²) in [6.07, 6.45) is 0. The lowest BCUT2D eigenvalue weighted by atomic mass is 9.99. The van der Waals surface area contributed by atoms with Crippen LogP contribution in [0.25, 0.3) is 11.1 Å². The maximum absolute atomic E-state index is 13.3. The van der Waals surface area contributed by atoms with Crippen molar-refractivity contribution in [2.45, 2.75) is 0 Å². The van der Waals surface area contributed by atoms with Crippen LogP contribution in [0.15, 0.2) is 40.9 Å². The molecule has 2 rings (SSSR count). The number of anilines is 1. The molecule has 3 nitrogen and oxygen atoms in total. The van der Waals surface area contributed by atoms with Crippen molar-refractivity contribution in [3.05, 3.63) is 52.3 Å². The van der Waals surface area contributed by atoms with Crippen LogP contribution < -0.4 is 11.5 Å². The van der Waals surface area contributed by atoms with Crippen LogP contribution in [0.2, 0.25) is 0 Å². The normalized spacial score (nSPS) is 10.3. The highest BCUT2D eigenvalue weighted by Gasteiger charge is 2.13. The van der Waals surface area contributed by atoms with Crippen LogP contribution in [-0.2, 0) is 0 Å². The minimum atomic E-state index is -0.541. The fourth-order valence-corrected chi connectivity index (χ4v) is 2.23. The summed E-state index contributed by atoms with van der Waals surface area (Å²) in [6, 6.07) is 9.57. The van der Waals surface area contributed by atoms with Gasteiger partial charge in [0.05, 0.1) is 5.69 Å². The highest BCUT2D eigenvalue weighted by molar-refractivity contribution is 9.10. The lowest BCUT2D eigenvalue weighted by Gasteiger charge is -2.10. The Hall–Kier alpha value is -1.88. The van der Waals surface area contributed by atoms with E-state index in [2.05, 4.69) is 15.9 Å². The number of amides is 1. The SMILES string of the molecule is NC(=O)c1ccccc1-c1cc(N)c(F)cc1Br. The summed E-state index contributed by atoms with van der Waals surface area (Å²) in [5.41, 5.74) is 12.5. The molecule has 0 atom stereocenters. The smallest absolute Gasteiger partial charge is 0.249 e. The lowest BCUT2D eigenvalue weighted by Crippen LogP contribution is -2.12. The van der Waals surface area contributed by atoms with Gasteiger partial charge in [0.2, 0.25) is 5.91 Å². The molecule has 5 heteroatoms. The molecule has 0 radical (unpaired) electrons. The third kappa shape index (κ3) is 2.22. The predicted octanol–water partition coefficient (Wildman–Crippen LogP) is 2.94. The lowest BCUT2D eigenvalue weighted by molar-refractivity contribution is 0.100. The van der Waals surface area contributed by atoms with Gasteiger partial charge in [-0.15, -0.1) is 0 Å². The predicted molar refractivity (Wildman–Crippen MR) is 72.5 cm³/mol. The molecule has 0 bridgehead atoms. The van der Waals surface area contributed by atoms with Crippen molar-refractivity contribution >= 4 is 27.5 Å². The van der Waals surface area contributed by atoms with Crippen LogP contribution >= 0.6 is 15.9 Å². The number of rotatable bonds is 2. The molecule has 92 valence electrons. The van der Waals surface area contributed by atoms with Crippen LogP contribution in [0, 0.1) is 5.82 Å². The van der Waals surface area contributed by atoms with E-state index in [4.69, 9.17) is 11.5 Å². The van der Waals surface area contributed by atoms with E-state index in [-0.39, 0.29) is 5.69 Å². The summed E-state index contributed by atoms with van der Waals surface area (Å²) in [5, 5.41) is 0. The standard InChI is InChI=1S/C13H10BrFN2O/c14-10-6-11(15)12(16)5-9(10)7-3-1-2-4-8(7)13(17)18/h1-6H,16H2,(H2,17,18). The van der Waals surface area contributed by atoms with E-state index in [1.54, 1.807) is 24.3 Å². The van der Waals surface area contributed by atoms with Gasteiger partial charge < -0.3 is 11.5 Å². The quantitative estimate of drug-likeness (QED) is 0.837. The van der Waals surface area contributed by atoms with Gasteiger partial charge in [-0.2, -0.15) is 0 Å². The van der Waals surface area contributed by atoms with E-state index >= 15 is 0 Å². The third-order valence-electron chi connectivity index (χ3n) is 2.57.